The molecule has 2 atom stereocenters. The first-order valence-corrected chi connectivity index (χ1v) is 9.93. The van der Waals surface area contributed by atoms with E-state index in [1.165, 1.54) is 6.07 Å². The molecule has 150 valence electrons. The number of hydrogen-bond acceptors (Lipinski definition) is 4. The van der Waals surface area contributed by atoms with Gasteiger partial charge in [-0.1, -0.05) is 42.0 Å². The molecule has 2 aromatic carbocycles. The molecule has 2 N–H and O–H groups in total. The van der Waals surface area contributed by atoms with Gasteiger partial charge < -0.3 is 15.2 Å². The standard InChI is InChI=1S/C23H22ClNO4/c1-14-8-17-13-29-22(28)23(17,11-14)12-15-2-5-18(6-3-15)25-21(27)10-16-4-7-20(26)19(24)9-16/h2-7,9,17,26H,1,8,10-13H2,(H,25,27). The van der Waals surface area contributed by atoms with E-state index in [1.54, 1.807) is 12.1 Å². The van der Waals surface area contributed by atoms with Gasteiger partial charge in [0.25, 0.3) is 0 Å². The molecule has 0 radical (unpaired) electrons. The summed E-state index contributed by atoms with van der Waals surface area (Å²) in [5, 5.41) is 12.5. The smallest absolute Gasteiger partial charge is 0.313 e. The fourth-order valence-corrected chi connectivity index (χ4v) is 4.59. The normalized spacial score (nSPS) is 23.0. The van der Waals surface area contributed by atoms with Gasteiger partial charge in [-0.2, -0.15) is 0 Å². The van der Waals surface area contributed by atoms with E-state index in [9.17, 15) is 14.7 Å². The number of anilines is 1. The number of halogens is 1. The SMILES string of the molecule is C=C1CC2COC(=O)C2(Cc2ccc(NC(=O)Cc3ccc(O)c(Cl)c3)cc2)C1. The molecule has 1 saturated heterocycles. The third kappa shape index (κ3) is 3.87. The largest absolute Gasteiger partial charge is 0.506 e. The molecule has 1 aliphatic carbocycles. The third-order valence-corrected chi connectivity index (χ3v) is 6.14. The van der Waals surface area contributed by atoms with E-state index in [4.69, 9.17) is 16.3 Å². The van der Waals surface area contributed by atoms with Crippen LogP contribution >= 0.6 is 11.6 Å². The molecule has 1 amide bonds. The van der Waals surface area contributed by atoms with Gasteiger partial charge >= 0.3 is 5.97 Å². The van der Waals surface area contributed by atoms with Crippen LogP contribution in [0.4, 0.5) is 5.69 Å². The number of cyclic esters (lactones) is 1. The van der Waals surface area contributed by atoms with Crippen molar-refractivity contribution in [3.63, 3.8) is 0 Å². The Balaban J connectivity index is 1.40. The third-order valence-electron chi connectivity index (χ3n) is 5.84. The highest BCUT2D eigenvalue weighted by Crippen LogP contribution is 2.52. The van der Waals surface area contributed by atoms with Crippen LogP contribution in [0.2, 0.25) is 5.02 Å². The fourth-order valence-electron chi connectivity index (χ4n) is 4.38. The highest BCUT2D eigenvalue weighted by Gasteiger charge is 2.55. The van der Waals surface area contributed by atoms with Crippen LogP contribution in [-0.4, -0.2) is 23.6 Å². The summed E-state index contributed by atoms with van der Waals surface area (Å²) in [5.74, 6) is -0.0974. The van der Waals surface area contributed by atoms with Gasteiger partial charge in [-0.3, -0.25) is 9.59 Å². The predicted molar refractivity (Wildman–Crippen MR) is 111 cm³/mol. The molecule has 1 heterocycles. The second-order valence-electron chi connectivity index (χ2n) is 7.97. The summed E-state index contributed by atoms with van der Waals surface area (Å²) in [6.07, 6.45) is 2.31. The number of benzene rings is 2. The van der Waals surface area contributed by atoms with E-state index in [1.807, 2.05) is 24.3 Å². The minimum atomic E-state index is -0.486. The fraction of sp³-hybridized carbons (Fsp3) is 0.304. The number of fused-ring (bicyclic) bond motifs is 1. The van der Waals surface area contributed by atoms with Crippen molar-refractivity contribution in [2.75, 3.05) is 11.9 Å². The lowest BCUT2D eigenvalue weighted by Gasteiger charge is -2.24. The van der Waals surface area contributed by atoms with E-state index >= 15 is 0 Å². The minimum absolute atomic E-state index is 0.00916. The number of phenols is 1. The average Bonchev–Trinajstić information content (AvgIpc) is 3.14. The quantitative estimate of drug-likeness (QED) is 0.568. The van der Waals surface area contributed by atoms with Crippen molar-refractivity contribution in [3.8, 4) is 5.75 Å². The second kappa shape index (κ2) is 7.56. The summed E-state index contributed by atoms with van der Waals surface area (Å²) in [6, 6.07) is 12.3. The van der Waals surface area contributed by atoms with Crippen LogP contribution in [0.1, 0.15) is 24.0 Å². The molecule has 4 rings (SSSR count). The molecule has 0 spiro atoms. The number of esters is 1. The van der Waals surface area contributed by atoms with Crippen LogP contribution in [-0.2, 0) is 27.2 Å². The number of nitrogens with one attached hydrogen (secondary N) is 1. The molecule has 0 aromatic heterocycles. The second-order valence-corrected chi connectivity index (χ2v) is 8.37. The summed E-state index contributed by atoms with van der Waals surface area (Å²) >= 11 is 5.88. The molecular weight excluding hydrogens is 390 g/mol. The maximum absolute atomic E-state index is 12.4. The van der Waals surface area contributed by atoms with Gasteiger partial charge in [0.1, 0.15) is 5.75 Å². The number of carbonyl (C=O) groups excluding carboxylic acids is 2. The van der Waals surface area contributed by atoms with Gasteiger partial charge in [0.2, 0.25) is 5.91 Å². The zero-order chi connectivity index (χ0) is 20.6. The lowest BCUT2D eigenvalue weighted by atomic mass is 9.75. The van der Waals surface area contributed by atoms with Crippen LogP contribution < -0.4 is 5.32 Å². The number of amides is 1. The number of hydrogen-bond donors (Lipinski definition) is 2. The summed E-state index contributed by atoms with van der Waals surface area (Å²) in [4.78, 5) is 24.7. The molecule has 1 aliphatic heterocycles. The highest BCUT2D eigenvalue weighted by molar-refractivity contribution is 6.32. The van der Waals surface area contributed by atoms with Gasteiger partial charge in [-0.15, -0.1) is 0 Å². The minimum Gasteiger partial charge on any atom is -0.506 e. The van der Waals surface area contributed by atoms with E-state index in [0.29, 0.717) is 30.7 Å². The lowest BCUT2D eigenvalue weighted by molar-refractivity contribution is -0.146. The average molecular weight is 412 g/mol. The molecule has 0 bridgehead atoms. The lowest BCUT2D eigenvalue weighted by Crippen LogP contribution is -2.31. The van der Waals surface area contributed by atoms with Crippen molar-refractivity contribution in [1.82, 2.24) is 0 Å². The van der Waals surface area contributed by atoms with E-state index < -0.39 is 5.41 Å². The molecule has 1 saturated carbocycles. The number of phenolic OH excluding ortho intramolecular Hbond substituents is 1. The van der Waals surface area contributed by atoms with Crippen molar-refractivity contribution in [3.05, 3.63) is 70.8 Å². The monoisotopic (exact) mass is 411 g/mol. The Morgan fingerprint density at radius 3 is 2.69 bits per heavy atom. The molecule has 2 unspecified atom stereocenters. The zero-order valence-corrected chi connectivity index (χ0v) is 16.7. The van der Waals surface area contributed by atoms with Crippen LogP contribution in [0.5, 0.6) is 5.75 Å². The van der Waals surface area contributed by atoms with Crippen molar-refractivity contribution in [1.29, 1.82) is 0 Å². The Hall–Kier alpha value is -2.79. The first-order chi connectivity index (χ1) is 13.9. The summed E-state index contributed by atoms with van der Waals surface area (Å²) in [7, 11) is 0. The Labute approximate surface area is 174 Å². The van der Waals surface area contributed by atoms with E-state index in [2.05, 4.69) is 11.9 Å². The van der Waals surface area contributed by atoms with Gasteiger partial charge in [0.15, 0.2) is 0 Å². The highest BCUT2D eigenvalue weighted by atomic mass is 35.5. The first-order valence-electron chi connectivity index (χ1n) is 9.56. The molecule has 6 heteroatoms. The van der Waals surface area contributed by atoms with Crippen LogP contribution in [0, 0.1) is 11.3 Å². The van der Waals surface area contributed by atoms with Crippen molar-refractivity contribution in [2.24, 2.45) is 11.3 Å². The number of rotatable bonds is 5. The molecule has 5 nitrogen and oxygen atoms in total. The Bertz CT molecular complexity index is 985. The molecular formula is C23H22ClNO4. The Morgan fingerprint density at radius 2 is 1.97 bits per heavy atom. The van der Waals surface area contributed by atoms with Crippen molar-refractivity contribution >= 4 is 29.2 Å². The van der Waals surface area contributed by atoms with Gasteiger partial charge in [0.05, 0.1) is 23.5 Å². The summed E-state index contributed by atoms with van der Waals surface area (Å²) in [5.41, 5.74) is 3.06. The topological polar surface area (TPSA) is 75.6 Å². The molecule has 2 aliphatic rings. The first kappa shape index (κ1) is 19.5. The van der Waals surface area contributed by atoms with Gasteiger partial charge in [0, 0.05) is 11.6 Å². The Kier molecular flexibility index (Phi) is 5.09. The van der Waals surface area contributed by atoms with E-state index in [-0.39, 0.29) is 35.0 Å². The maximum Gasteiger partial charge on any atom is 0.313 e. The molecule has 29 heavy (non-hydrogen) atoms. The van der Waals surface area contributed by atoms with Crippen molar-refractivity contribution in [2.45, 2.75) is 25.7 Å². The van der Waals surface area contributed by atoms with Gasteiger partial charge in [-0.05, 0) is 54.7 Å². The van der Waals surface area contributed by atoms with Gasteiger partial charge in [-0.25, -0.2) is 0 Å². The number of allylic oxidation sites excluding steroid dienone is 1. The number of aromatic hydroxyl groups is 1. The van der Waals surface area contributed by atoms with Crippen LogP contribution in [0.25, 0.3) is 0 Å². The van der Waals surface area contributed by atoms with Crippen molar-refractivity contribution < 1.29 is 19.4 Å². The van der Waals surface area contributed by atoms with E-state index in [0.717, 1.165) is 17.6 Å². The summed E-state index contributed by atoms with van der Waals surface area (Å²) < 4.78 is 5.33. The zero-order valence-electron chi connectivity index (χ0n) is 15.9. The van der Waals surface area contributed by atoms with Crippen LogP contribution in [0.3, 0.4) is 0 Å². The number of carbonyl (C=O) groups is 2. The van der Waals surface area contributed by atoms with Crippen LogP contribution in [0.15, 0.2) is 54.6 Å². The maximum atomic E-state index is 12.4. The number of ether oxygens (including phenoxy) is 1. The molecule has 2 aromatic rings. The summed E-state index contributed by atoms with van der Waals surface area (Å²) in [6.45, 7) is 4.55. The molecule has 2 fully saturated rings. The Morgan fingerprint density at radius 1 is 1.24 bits per heavy atom. The predicted octanol–water partition coefficient (Wildman–Crippen LogP) is 4.28.